The van der Waals surface area contributed by atoms with Crippen LogP contribution in [0, 0.1) is 5.82 Å². The number of aromatic nitrogens is 1. The fourth-order valence-corrected chi connectivity index (χ4v) is 6.07. The molecule has 9 heteroatoms. The van der Waals surface area contributed by atoms with Crippen molar-refractivity contribution in [2.24, 2.45) is 0 Å². The molecule has 1 amide bonds. The van der Waals surface area contributed by atoms with E-state index in [0.29, 0.717) is 40.1 Å². The number of hydrogen-bond donors (Lipinski definition) is 1. The minimum Gasteiger partial charge on any atom is -0.507 e. The Hall–Kier alpha value is -4.24. The Balaban J connectivity index is 1.52. The van der Waals surface area contributed by atoms with Gasteiger partial charge in [0, 0.05) is 12.0 Å². The van der Waals surface area contributed by atoms with Crippen molar-refractivity contribution in [1.82, 2.24) is 4.98 Å². The summed E-state index contributed by atoms with van der Waals surface area (Å²) in [5, 5.41) is 11.8. The number of aliphatic hydroxyl groups excluding tert-OH is 1. The zero-order chi connectivity index (χ0) is 27.3. The SMILES string of the molecule is CCCOc1cccc(C2C(=C(O)c3ccc4c(c3)CC(C)O4)C(=O)C(=O)N2c2nc3ccc(F)cc3s2)c1. The van der Waals surface area contributed by atoms with Crippen molar-refractivity contribution in [2.75, 3.05) is 11.5 Å². The van der Waals surface area contributed by atoms with Gasteiger partial charge in [0.15, 0.2) is 5.13 Å². The topological polar surface area (TPSA) is 89.0 Å². The molecule has 0 bridgehead atoms. The summed E-state index contributed by atoms with van der Waals surface area (Å²) < 4.78 is 26.0. The lowest BCUT2D eigenvalue weighted by Crippen LogP contribution is -2.29. The van der Waals surface area contributed by atoms with Gasteiger partial charge in [0.05, 0.1) is 28.4 Å². The van der Waals surface area contributed by atoms with Gasteiger partial charge in [0.25, 0.3) is 5.78 Å². The number of ether oxygens (including phenoxy) is 2. The van der Waals surface area contributed by atoms with E-state index in [2.05, 4.69) is 4.98 Å². The molecular weight excluding hydrogens is 519 g/mol. The zero-order valence-electron chi connectivity index (χ0n) is 21.3. The summed E-state index contributed by atoms with van der Waals surface area (Å²) in [6.45, 7) is 4.46. The van der Waals surface area contributed by atoms with Gasteiger partial charge < -0.3 is 14.6 Å². The Bertz CT molecular complexity index is 1660. The van der Waals surface area contributed by atoms with Gasteiger partial charge in [-0.1, -0.05) is 30.4 Å². The van der Waals surface area contributed by atoms with Gasteiger partial charge in [0.2, 0.25) is 0 Å². The highest BCUT2D eigenvalue weighted by Gasteiger charge is 2.48. The second-order valence-electron chi connectivity index (χ2n) is 9.65. The molecule has 0 spiro atoms. The predicted molar refractivity (Wildman–Crippen MR) is 147 cm³/mol. The standard InChI is InChI=1S/C30H25FN2O5S/c1-3-11-37-21-6-4-5-17(14-21)26-25(27(34)18-7-10-23-19(13-18)12-16(2)38-23)28(35)29(36)33(26)30-32-22-9-8-20(31)15-24(22)39-30/h4-10,13-16,26,34H,3,11-12H2,1-2H3. The molecule has 0 radical (unpaired) electrons. The molecule has 7 nitrogen and oxygen atoms in total. The zero-order valence-corrected chi connectivity index (χ0v) is 22.1. The molecule has 2 unspecified atom stereocenters. The van der Waals surface area contributed by atoms with Crippen LogP contribution in [0.4, 0.5) is 9.52 Å². The Morgan fingerprint density at radius 3 is 2.85 bits per heavy atom. The summed E-state index contributed by atoms with van der Waals surface area (Å²) in [4.78, 5) is 32.9. The first-order valence-corrected chi connectivity index (χ1v) is 13.6. The molecule has 6 rings (SSSR count). The molecule has 2 aliphatic heterocycles. The number of benzene rings is 3. The molecule has 198 valence electrons. The third-order valence-corrected chi connectivity index (χ3v) is 7.82. The lowest BCUT2D eigenvalue weighted by Gasteiger charge is -2.23. The van der Waals surface area contributed by atoms with E-state index < -0.39 is 23.5 Å². The van der Waals surface area contributed by atoms with Gasteiger partial charge in [0.1, 0.15) is 29.2 Å². The molecule has 2 atom stereocenters. The van der Waals surface area contributed by atoms with Crippen LogP contribution < -0.4 is 14.4 Å². The van der Waals surface area contributed by atoms with Crippen LogP contribution in [0.2, 0.25) is 0 Å². The second-order valence-corrected chi connectivity index (χ2v) is 10.7. The van der Waals surface area contributed by atoms with Crippen LogP contribution in [0.3, 0.4) is 0 Å². The number of amides is 1. The van der Waals surface area contributed by atoms with E-state index in [0.717, 1.165) is 29.1 Å². The third kappa shape index (κ3) is 4.42. The Morgan fingerprint density at radius 2 is 2.03 bits per heavy atom. The number of aliphatic hydroxyl groups is 1. The summed E-state index contributed by atoms with van der Waals surface area (Å²) in [5.41, 5.74) is 2.36. The average molecular weight is 545 g/mol. The largest absolute Gasteiger partial charge is 0.507 e. The predicted octanol–water partition coefficient (Wildman–Crippen LogP) is 6.17. The molecule has 3 heterocycles. The van der Waals surface area contributed by atoms with Crippen LogP contribution in [0.1, 0.15) is 43.0 Å². The van der Waals surface area contributed by atoms with Crippen molar-refractivity contribution < 1.29 is 28.6 Å². The molecule has 3 aromatic carbocycles. The van der Waals surface area contributed by atoms with Crippen LogP contribution in [-0.4, -0.2) is 34.5 Å². The monoisotopic (exact) mass is 544 g/mol. The number of hydrogen-bond acceptors (Lipinski definition) is 7. The highest BCUT2D eigenvalue weighted by molar-refractivity contribution is 7.22. The van der Waals surface area contributed by atoms with Crippen LogP contribution in [-0.2, 0) is 16.0 Å². The Morgan fingerprint density at radius 1 is 1.18 bits per heavy atom. The number of anilines is 1. The van der Waals surface area contributed by atoms with E-state index in [-0.39, 0.29) is 22.6 Å². The number of carbonyl (C=O) groups excluding carboxylic acids is 2. The molecule has 1 fully saturated rings. The first-order chi connectivity index (χ1) is 18.8. The lowest BCUT2D eigenvalue weighted by molar-refractivity contribution is -0.132. The van der Waals surface area contributed by atoms with E-state index in [1.807, 2.05) is 13.8 Å². The quantitative estimate of drug-likeness (QED) is 0.177. The number of Topliss-reactive ketones (excluding diaryl/α,β-unsaturated/α-hetero) is 1. The Labute approximate surface area is 228 Å². The van der Waals surface area contributed by atoms with E-state index in [9.17, 15) is 19.1 Å². The van der Waals surface area contributed by atoms with Crippen molar-refractivity contribution in [2.45, 2.75) is 38.8 Å². The number of nitrogens with zero attached hydrogens (tertiary/aromatic N) is 2. The Kier molecular flexibility index (Phi) is 6.31. The molecular formula is C30H25FN2O5S. The highest BCUT2D eigenvalue weighted by atomic mass is 32.1. The van der Waals surface area contributed by atoms with Crippen LogP contribution >= 0.6 is 11.3 Å². The maximum atomic E-state index is 13.9. The number of rotatable bonds is 6. The van der Waals surface area contributed by atoms with Crippen molar-refractivity contribution in [3.63, 3.8) is 0 Å². The normalized spacial score (nSPS) is 19.9. The fourth-order valence-electron chi connectivity index (χ4n) is 5.05. The summed E-state index contributed by atoms with van der Waals surface area (Å²) >= 11 is 1.11. The fraction of sp³-hybridized carbons (Fsp3) is 0.233. The molecule has 39 heavy (non-hydrogen) atoms. The van der Waals surface area contributed by atoms with Gasteiger partial charge in [-0.3, -0.25) is 14.5 Å². The van der Waals surface area contributed by atoms with E-state index in [4.69, 9.17) is 9.47 Å². The third-order valence-electron chi connectivity index (χ3n) is 6.81. The smallest absolute Gasteiger partial charge is 0.301 e. The van der Waals surface area contributed by atoms with Gasteiger partial charge in [-0.2, -0.15) is 0 Å². The molecule has 0 aliphatic carbocycles. The summed E-state index contributed by atoms with van der Waals surface area (Å²) in [6, 6.07) is 15.6. The summed E-state index contributed by atoms with van der Waals surface area (Å²) in [5.74, 6) is -1.04. The molecule has 4 aromatic rings. The number of fused-ring (bicyclic) bond motifs is 2. The van der Waals surface area contributed by atoms with Gasteiger partial charge in [-0.25, -0.2) is 9.37 Å². The first-order valence-electron chi connectivity index (χ1n) is 12.7. The van der Waals surface area contributed by atoms with E-state index in [1.54, 1.807) is 42.5 Å². The first kappa shape index (κ1) is 25.1. The van der Waals surface area contributed by atoms with E-state index in [1.165, 1.54) is 23.1 Å². The van der Waals surface area contributed by atoms with Crippen LogP contribution in [0.25, 0.3) is 16.0 Å². The average Bonchev–Trinajstić information content (AvgIpc) is 3.59. The lowest BCUT2D eigenvalue weighted by atomic mass is 9.94. The number of ketones is 1. The summed E-state index contributed by atoms with van der Waals surface area (Å²) in [6.07, 6.45) is 1.50. The molecule has 2 aliphatic rings. The molecule has 1 saturated heterocycles. The van der Waals surface area contributed by atoms with Gasteiger partial charge in [-0.05, 0) is 73.0 Å². The van der Waals surface area contributed by atoms with Crippen molar-refractivity contribution in [3.8, 4) is 11.5 Å². The minimum absolute atomic E-state index is 0.0118. The van der Waals surface area contributed by atoms with Crippen molar-refractivity contribution in [3.05, 3.63) is 88.7 Å². The van der Waals surface area contributed by atoms with Gasteiger partial charge >= 0.3 is 5.91 Å². The number of halogens is 1. The minimum atomic E-state index is -0.969. The van der Waals surface area contributed by atoms with Crippen molar-refractivity contribution in [1.29, 1.82) is 0 Å². The second kappa shape index (κ2) is 9.81. The van der Waals surface area contributed by atoms with Gasteiger partial charge in [-0.15, -0.1) is 0 Å². The van der Waals surface area contributed by atoms with E-state index >= 15 is 0 Å². The molecule has 1 N–H and O–H groups in total. The van der Waals surface area contributed by atoms with Crippen molar-refractivity contribution >= 4 is 44.1 Å². The van der Waals surface area contributed by atoms with Crippen LogP contribution in [0.5, 0.6) is 11.5 Å². The number of thiazole rings is 1. The van der Waals surface area contributed by atoms with Crippen LogP contribution in [0.15, 0.2) is 66.2 Å². The number of carbonyl (C=O) groups is 2. The maximum absolute atomic E-state index is 13.9. The highest BCUT2D eigenvalue weighted by Crippen LogP contribution is 2.45. The molecule has 1 aromatic heterocycles. The maximum Gasteiger partial charge on any atom is 0.301 e. The molecule has 0 saturated carbocycles. The summed E-state index contributed by atoms with van der Waals surface area (Å²) in [7, 11) is 0.